The maximum atomic E-state index is 15.0. The zero-order chi connectivity index (χ0) is 30.3. The van der Waals surface area contributed by atoms with Gasteiger partial charge in [-0.1, -0.05) is 72.9 Å². The van der Waals surface area contributed by atoms with Crippen LogP contribution in [-0.2, 0) is 26.2 Å². The van der Waals surface area contributed by atoms with E-state index in [1.807, 2.05) is 20.8 Å². The van der Waals surface area contributed by atoms with Crippen molar-refractivity contribution in [3.63, 3.8) is 0 Å². The number of para-hydroxylation sites is 1. The Hall–Kier alpha value is -3.14. The number of carbonyl (C=O) groups is 2. The van der Waals surface area contributed by atoms with E-state index in [-0.39, 0.29) is 40.5 Å². The quantitative estimate of drug-likeness (QED) is 0.255. The number of hydrogen-bond acceptors (Lipinski definition) is 4. The van der Waals surface area contributed by atoms with E-state index in [1.165, 1.54) is 41.3 Å². The number of aryl methyl sites for hydroxylation is 1. The van der Waals surface area contributed by atoms with E-state index in [0.29, 0.717) is 17.0 Å². The Morgan fingerprint density at radius 1 is 0.976 bits per heavy atom. The molecule has 41 heavy (non-hydrogen) atoms. The Bertz CT molecular complexity index is 1490. The van der Waals surface area contributed by atoms with Crippen molar-refractivity contribution < 1.29 is 22.4 Å². The van der Waals surface area contributed by atoms with Gasteiger partial charge in [-0.3, -0.25) is 13.9 Å². The number of halogens is 3. The molecule has 0 saturated carbocycles. The lowest BCUT2D eigenvalue weighted by Crippen LogP contribution is -2.53. The summed E-state index contributed by atoms with van der Waals surface area (Å²) >= 11 is 12.5. The van der Waals surface area contributed by atoms with Crippen LogP contribution >= 0.6 is 23.2 Å². The number of nitrogens with zero attached hydrogens (tertiary/aromatic N) is 2. The topological polar surface area (TPSA) is 86.8 Å². The molecule has 3 aromatic carbocycles. The highest BCUT2D eigenvalue weighted by molar-refractivity contribution is 7.92. The van der Waals surface area contributed by atoms with Gasteiger partial charge in [0.1, 0.15) is 18.4 Å². The van der Waals surface area contributed by atoms with Gasteiger partial charge in [0.2, 0.25) is 11.8 Å². The predicted molar refractivity (Wildman–Crippen MR) is 161 cm³/mol. The van der Waals surface area contributed by atoms with E-state index < -0.39 is 34.3 Å². The average molecular weight is 623 g/mol. The molecule has 3 aromatic rings. The smallest absolute Gasteiger partial charge is 0.264 e. The molecule has 0 radical (unpaired) electrons. The van der Waals surface area contributed by atoms with Crippen LogP contribution in [0.3, 0.4) is 0 Å². The molecule has 3 rings (SSSR count). The van der Waals surface area contributed by atoms with Crippen LogP contribution < -0.4 is 9.62 Å². The van der Waals surface area contributed by atoms with Gasteiger partial charge >= 0.3 is 0 Å². The second-order valence-electron chi connectivity index (χ2n) is 9.78. The standard InChI is InChI=1S/C30H34Cl2FN3O4S/c1-5-21(4)34-30(38)27(6-2)35(18-22-13-14-23(31)17-25(22)32)29(37)19-36(28-10-8-7-9-26(28)33)41(39,40)24-15-11-20(3)12-16-24/h7-17,21,27H,5-6,18-19H2,1-4H3,(H,34,38)/t21-,27-/m0/s1. The van der Waals surface area contributed by atoms with E-state index in [9.17, 15) is 18.0 Å². The lowest BCUT2D eigenvalue weighted by Gasteiger charge is -2.34. The fourth-order valence-electron chi connectivity index (χ4n) is 4.20. The minimum Gasteiger partial charge on any atom is -0.352 e. The average Bonchev–Trinajstić information content (AvgIpc) is 2.93. The van der Waals surface area contributed by atoms with Crippen molar-refractivity contribution in [3.05, 3.63) is 93.7 Å². The minimum atomic E-state index is -4.38. The Labute approximate surface area is 251 Å². The largest absolute Gasteiger partial charge is 0.352 e. The van der Waals surface area contributed by atoms with Gasteiger partial charge in [-0.15, -0.1) is 0 Å². The highest BCUT2D eigenvalue weighted by Gasteiger charge is 2.35. The van der Waals surface area contributed by atoms with Crippen molar-refractivity contribution in [1.82, 2.24) is 10.2 Å². The van der Waals surface area contributed by atoms with Crippen LogP contribution in [0.15, 0.2) is 71.6 Å². The molecule has 0 bridgehead atoms. The first-order chi connectivity index (χ1) is 19.4. The van der Waals surface area contributed by atoms with E-state index in [2.05, 4.69) is 5.32 Å². The Morgan fingerprint density at radius 2 is 1.63 bits per heavy atom. The summed E-state index contributed by atoms with van der Waals surface area (Å²) < 4.78 is 43.5. The van der Waals surface area contributed by atoms with Crippen LogP contribution in [0.1, 0.15) is 44.7 Å². The zero-order valence-corrected chi connectivity index (χ0v) is 25.7. The molecular formula is C30H34Cl2FN3O4S. The summed E-state index contributed by atoms with van der Waals surface area (Å²) in [5.41, 5.74) is 1.06. The molecule has 1 N–H and O–H groups in total. The molecule has 0 spiro atoms. The number of carbonyl (C=O) groups excluding carboxylic acids is 2. The van der Waals surface area contributed by atoms with E-state index in [4.69, 9.17) is 23.2 Å². The normalized spacial score (nSPS) is 12.9. The number of amides is 2. The van der Waals surface area contributed by atoms with Crippen molar-refractivity contribution in [1.29, 1.82) is 0 Å². The van der Waals surface area contributed by atoms with Crippen LogP contribution in [0.5, 0.6) is 0 Å². The van der Waals surface area contributed by atoms with Crippen LogP contribution in [0.4, 0.5) is 10.1 Å². The first-order valence-electron chi connectivity index (χ1n) is 13.3. The molecule has 2 atom stereocenters. The second kappa shape index (κ2) is 14.2. The molecule has 0 aliphatic carbocycles. The highest BCUT2D eigenvalue weighted by Crippen LogP contribution is 2.28. The molecule has 0 saturated heterocycles. The Kier molecular flexibility index (Phi) is 11.2. The lowest BCUT2D eigenvalue weighted by molar-refractivity contribution is -0.140. The third-order valence-corrected chi connectivity index (χ3v) is 9.11. The van der Waals surface area contributed by atoms with Gasteiger partial charge in [-0.25, -0.2) is 12.8 Å². The van der Waals surface area contributed by atoms with Crippen LogP contribution in [0.25, 0.3) is 0 Å². The number of nitrogens with one attached hydrogen (secondary N) is 1. The number of sulfonamides is 1. The molecule has 11 heteroatoms. The van der Waals surface area contributed by atoms with Gasteiger partial charge < -0.3 is 10.2 Å². The Morgan fingerprint density at radius 3 is 2.22 bits per heavy atom. The van der Waals surface area contributed by atoms with Crippen molar-refractivity contribution >= 4 is 50.7 Å². The molecule has 0 aromatic heterocycles. The number of anilines is 1. The number of benzene rings is 3. The molecular weight excluding hydrogens is 588 g/mol. The van der Waals surface area contributed by atoms with Crippen LogP contribution in [-0.4, -0.2) is 43.8 Å². The minimum absolute atomic E-state index is 0.100. The van der Waals surface area contributed by atoms with Gasteiger partial charge in [0.15, 0.2) is 0 Å². The lowest BCUT2D eigenvalue weighted by atomic mass is 10.1. The van der Waals surface area contributed by atoms with Crippen LogP contribution in [0, 0.1) is 12.7 Å². The van der Waals surface area contributed by atoms with Crippen molar-refractivity contribution in [2.24, 2.45) is 0 Å². The van der Waals surface area contributed by atoms with E-state index in [0.717, 1.165) is 15.9 Å². The van der Waals surface area contributed by atoms with Crippen molar-refractivity contribution in [2.75, 3.05) is 10.8 Å². The summed E-state index contributed by atoms with van der Waals surface area (Å²) in [6.45, 7) is 6.48. The highest BCUT2D eigenvalue weighted by atomic mass is 35.5. The van der Waals surface area contributed by atoms with Gasteiger partial charge in [0.05, 0.1) is 10.6 Å². The monoisotopic (exact) mass is 621 g/mol. The van der Waals surface area contributed by atoms with Gasteiger partial charge in [-0.05, 0) is 68.7 Å². The third kappa shape index (κ3) is 7.99. The summed E-state index contributed by atoms with van der Waals surface area (Å²) in [6.07, 6.45) is 0.915. The van der Waals surface area contributed by atoms with E-state index >= 15 is 4.39 Å². The summed E-state index contributed by atoms with van der Waals surface area (Å²) in [5.74, 6) is -1.91. The molecule has 0 aliphatic rings. The fourth-order valence-corrected chi connectivity index (χ4v) is 6.09. The maximum absolute atomic E-state index is 15.0. The summed E-state index contributed by atoms with van der Waals surface area (Å²) in [7, 11) is -4.38. The van der Waals surface area contributed by atoms with Crippen molar-refractivity contribution in [2.45, 2.75) is 64.1 Å². The number of hydrogen-bond donors (Lipinski definition) is 1. The molecule has 0 unspecified atom stereocenters. The Balaban J connectivity index is 2.09. The van der Waals surface area contributed by atoms with Crippen molar-refractivity contribution in [3.8, 4) is 0 Å². The molecule has 0 aliphatic heterocycles. The maximum Gasteiger partial charge on any atom is 0.264 e. The molecule has 0 heterocycles. The first-order valence-corrected chi connectivity index (χ1v) is 15.5. The summed E-state index contributed by atoms with van der Waals surface area (Å²) in [4.78, 5) is 28.6. The molecule has 7 nitrogen and oxygen atoms in total. The molecule has 220 valence electrons. The molecule has 2 amide bonds. The fraction of sp³-hybridized carbons (Fsp3) is 0.333. The van der Waals surface area contributed by atoms with E-state index in [1.54, 1.807) is 31.2 Å². The molecule has 0 fully saturated rings. The van der Waals surface area contributed by atoms with Crippen LogP contribution in [0.2, 0.25) is 10.0 Å². The second-order valence-corrected chi connectivity index (χ2v) is 12.5. The predicted octanol–water partition coefficient (Wildman–Crippen LogP) is 6.36. The SMILES string of the molecule is CC[C@H](C)NC(=O)[C@H](CC)N(Cc1ccc(Cl)cc1Cl)C(=O)CN(c1ccccc1F)S(=O)(=O)c1ccc(C)cc1. The first kappa shape index (κ1) is 32.4. The zero-order valence-electron chi connectivity index (χ0n) is 23.4. The van der Waals surface area contributed by atoms with Gasteiger partial charge in [0, 0.05) is 22.6 Å². The number of rotatable bonds is 12. The van der Waals surface area contributed by atoms with Gasteiger partial charge in [-0.2, -0.15) is 0 Å². The van der Waals surface area contributed by atoms with Gasteiger partial charge in [0.25, 0.3) is 10.0 Å². The third-order valence-electron chi connectivity index (χ3n) is 6.75. The summed E-state index contributed by atoms with van der Waals surface area (Å²) in [6, 6.07) is 15.1. The summed E-state index contributed by atoms with van der Waals surface area (Å²) in [5, 5.41) is 3.58.